The largest absolute Gasteiger partial charge is 0.381 e. The number of aryl methyl sites for hydroxylation is 1. The van der Waals surface area contributed by atoms with Gasteiger partial charge in [-0.05, 0) is 18.6 Å². The van der Waals surface area contributed by atoms with E-state index in [4.69, 9.17) is 10.3 Å². The van der Waals surface area contributed by atoms with Crippen LogP contribution in [0.25, 0.3) is 11.5 Å². The minimum atomic E-state index is 0.375. The zero-order valence-corrected chi connectivity index (χ0v) is 7.19. The lowest BCUT2D eigenvalue weighted by molar-refractivity contribution is 0.434. The molecule has 0 bridgehead atoms. The molecule has 4 heteroatoms. The van der Waals surface area contributed by atoms with Gasteiger partial charge in [0.25, 0.3) is 0 Å². The smallest absolute Gasteiger partial charge is 0.187 e. The Morgan fingerprint density at radius 1 is 1.46 bits per heavy atom. The fourth-order valence-electron chi connectivity index (χ4n) is 1.14. The number of aromatic nitrogens is 2. The normalized spacial score (nSPS) is 10.2. The van der Waals surface area contributed by atoms with Crippen LogP contribution in [-0.4, -0.2) is 10.1 Å². The molecule has 0 aliphatic carbocycles. The molecule has 0 fully saturated rings. The van der Waals surface area contributed by atoms with Crippen LogP contribution in [0, 0.1) is 6.92 Å². The van der Waals surface area contributed by atoms with Gasteiger partial charge in [-0.3, -0.25) is 4.98 Å². The van der Waals surface area contributed by atoms with E-state index >= 15 is 0 Å². The Morgan fingerprint density at radius 3 is 2.92 bits per heavy atom. The highest BCUT2D eigenvalue weighted by Crippen LogP contribution is 2.21. The van der Waals surface area contributed by atoms with Crippen molar-refractivity contribution in [3.05, 3.63) is 30.0 Å². The van der Waals surface area contributed by atoms with Crippen molar-refractivity contribution in [3.63, 3.8) is 0 Å². The van der Waals surface area contributed by atoms with Gasteiger partial charge >= 0.3 is 0 Å². The van der Waals surface area contributed by atoms with E-state index in [9.17, 15) is 0 Å². The fourth-order valence-corrected chi connectivity index (χ4v) is 1.14. The van der Waals surface area contributed by atoms with Crippen molar-refractivity contribution in [2.75, 3.05) is 5.73 Å². The molecule has 2 aromatic heterocycles. The molecule has 0 aromatic carbocycles. The molecule has 2 rings (SSSR count). The minimum absolute atomic E-state index is 0.375. The van der Waals surface area contributed by atoms with E-state index < -0.39 is 0 Å². The molecule has 0 spiro atoms. The van der Waals surface area contributed by atoms with Gasteiger partial charge in [-0.15, -0.1) is 0 Å². The highest BCUT2D eigenvalue weighted by Gasteiger charge is 2.07. The maximum atomic E-state index is 5.43. The Labute approximate surface area is 75.4 Å². The molecule has 0 unspecified atom stereocenters. The Morgan fingerprint density at radius 2 is 2.31 bits per heavy atom. The lowest BCUT2D eigenvalue weighted by Gasteiger charge is -1.97. The van der Waals surface area contributed by atoms with Crippen LogP contribution in [0.2, 0.25) is 0 Å². The predicted molar refractivity (Wildman–Crippen MR) is 48.9 cm³/mol. The number of anilines is 1. The first-order chi connectivity index (χ1) is 6.27. The van der Waals surface area contributed by atoms with Crippen molar-refractivity contribution >= 4 is 5.82 Å². The summed E-state index contributed by atoms with van der Waals surface area (Å²) < 4.78 is 4.99. The summed E-state index contributed by atoms with van der Waals surface area (Å²) in [7, 11) is 0. The Kier molecular flexibility index (Phi) is 1.73. The van der Waals surface area contributed by atoms with E-state index in [0.29, 0.717) is 11.6 Å². The maximum absolute atomic E-state index is 5.43. The molecule has 13 heavy (non-hydrogen) atoms. The SMILES string of the molecule is Cc1cccnc1-c1cc(N)no1. The zero-order chi connectivity index (χ0) is 9.26. The summed E-state index contributed by atoms with van der Waals surface area (Å²) in [5.41, 5.74) is 7.26. The van der Waals surface area contributed by atoms with Crippen LogP contribution >= 0.6 is 0 Å². The van der Waals surface area contributed by atoms with E-state index in [1.54, 1.807) is 12.3 Å². The standard InChI is InChI=1S/C9H9N3O/c1-6-3-2-4-11-9(6)7-5-8(10)12-13-7/h2-5H,1H3,(H2,10,12). The van der Waals surface area contributed by atoms with Gasteiger partial charge in [0, 0.05) is 12.3 Å². The van der Waals surface area contributed by atoms with E-state index in [1.807, 2.05) is 19.1 Å². The van der Waals surface area contributed by atoms with Gasteiger partial charge in [0.15, 0.2) is 11.6 Å². The molecule has 0 aliphatic heterocycles. The summed E-state index contributed by atoms with van der Waals surface area (Å²) in [6.07, 6.45) is 1.71. The van der Waals surface area contributed by atoms with Gasteiger partial charge in [-0.2, -0.15) is 0 Å². The van der Waals surface area contributed by atoms with E-state index in [-0.39, 0.29) is 0 Å². The molecular weight excluding hydrogens is 166 g/mol. The van der Waals surface area contributed by atoms with Gasteiger partial charge in [0.05, 0.1) is 0 Å². The number of hydrogen-bond acceptors (Lipinski definition) is 4. The zero-order valence-electron chi connectivity index (χ0n) is 7.19. The monoisotopic (exact) mass is 175 g/mol. The summed E-state index contributed by atoms with van der Waals surface area (Å²) in [4.78, 5) is 4.17. The average molecular weight is 175 g/mol. The van der Waals surface area contributed by atoms with Crippen molar-refractivity contribution < 1.29 is 4.52 Å². The number of rotatable bonds is 1. The molecule has 2 N–H and O–H groups in total. The summed E-state index contributed by atoms with van der Waals surface area (Å²) in [6.45, 7) is 1.96. The summed E-state index contributed by atoms with van der Waals surface area (Å²) >= 11 is 0. The van der Waals surface area contributed by atoms with Crippen LogP contribution in [0.15, 0.2) is 28.9 Å². The Hall–Kier alpha value is -1.84. The number of nitrogens with two attached hydrogens (primary N) is 1. The van der Waals surface area contributed by atoms with E-state index in [0.717, 1.165) is 11.3 Å². The molecule has 0 radical (unpaired) electrons. The van der Waals surface area contributed by atoms with Crippen LogP contribution in [0.1, 0.15) is 5.56 Å². The summed E-state index contributed by atoms with van der Waals surface area (Å²) in [5.74, 6) is 0.982. The topological polar surface area (TPSA) is 64.9 Å². The van der Waals surface area contributed by atoms with Gasteiger partial charge < -0.3 is 10.3 Å². The van der Waals surface area contributed by atoms with Crippen molar-refractivity contribution in [2.45, 2.75) is 6.92 Å². The van der Waals surface area contributed by atoms with Crippen LogP contribution in [-0.2, 0) is 0 Å². The molecule has 0 saturated heterocycles. The first-order valence-corrected chi connectivity index (χ1v) is 3.91. The molecule has 2 aromatic rings. The number of nitrogens with zero attached hydrogens (tertiary/aromatic N) is 2. The van der Waals surface area contributed by atoms with Gasteiger partial charge in [-0.1, -0.05) is 11.2 Å². The first-order valence-electron chi connectivity index (χ1n) is 3.91. The van der Waals surface area contributed by atoms with Crippen molar-refractivity contribution in [1.82, 2.24) is 10.1 Å². The summed E-state index contributed by atoms with van der Waals surface area (Å²) in [6, 6.07) is 5.49. The Bertz CT molecular complexity index is 422. The molecular formula is C9H9N3O. The highest BCUT2D eigenvalue weighted by molar-refractivity contribution is 5.58. The highest BCUT2D eigenvalue weighted by atomic mass is 16.5. The van der Waals surface area contributed by atoms with Crippen molar-refractivity contribution in [2.24, 2.45) is 0 Å². The quantitative estimate of drug-likeness (QED) is 0.715. The second kappa shape index (κ2) is 2.90. The van der Waals surface area contributed by atoms with Crippen molar-refractivity contribution in [3.8, 4) is 11.5 Å². The molecule has 4 nitrogen and oxygen atoms in total. The minimum Gasteiger partial charge on any atom is -0.381 e. The third-order valence-corrected chi connectivity index (χ3v) is 1.77. The van der Waals surface area contributed by atoms with Crippen LogP contribution < -0.4 is 5.73 Å². The van der Waals surface area contributed by atoms with Gasteiger partial charge in [-0.25, -0.2) is 0 Å². The number of nitrogen functional groups attached to an aromatic ring is 1. The number of pyridine rings is 1. The first kappa shape index (κ1) is 7.79. The lowest BCUT2D eigenvalue weighted by Crippen LogP contribution is -1.84. The second-order valence-corrected chi connectivity index (χ2v) is 2.78. The number of hydrogen-bond donors (Lipinski definition) is 1. The second-order valence-electron chi connectivity index (χ2n) is 2.78. The molecule has 0 amide bonds. The van der Waals surface area contributed by atoms with Crippen LogP contribution in [0.3, 0.4) is 0 Å². The molecule has 66 valence electrons. The summed E-state index contributed by atoms with van der Waals surface area (Å²) in [5, 5.41) is 3.60. The Balaban J connectivity index is 2.52. The third kappa shape index (κ3) is 1.38. The van der Waals surface area contributed by atoms with Gasteiger partial charge in [0.2, 0.25) is 0 Å². The van der Waals surface area contributed by atoms with Crippen LogP contribution in [0.5, 0.6) is 0 Å². The average Bonchev–Trinajstić information content (AvgIpc) is 2.53. The van der Waals surface area contributed by atoms with E-state index in [2.05, 4.69) is 10.1 Å². The van der Waals surface area contributed by atoms with Crippen LogP contribution in [0.4, 0.5) is 5.82 Å². The molecule has 0 saturated carbocycles. The molecule has 2 heterocycles. The lowest BCUT2D eigenvalue weighted by atomic mass is 10.2. The fraction of sp³-hybridized carbons (Fsp3) is 0.111. The van der Waals surface area contributed by atoms with Crippen molar-refractivity contribution in [1.29, 1.82) is 0 Å². The third-order valence-electron chi connectivity index (χ3n) is 1.77. The predicted octanol–water partition coefficient (Wildman–Crippen LogP) is 1.63. The molecule has 0 aliphatic rings. The maximum Gasteiger partial charge on any atom is 0.187 e. The molecule has 0 atom stereocenters. The van der Waals surface area contributed by atoms with E-state index in [1.165, 1.54) is 0 Å². The van der Waals surface area contributed by atoms with Gasteiger partial charge in [0.1, 0.15) is 5.69 Å².